The van der Waals surface area contributed by atoms with Crippen molar-refractivity contribution in [2.75, 3.05) is 20.7 Å². The SMILES string of the molecule is COC(=O)CN(C)S(=O)(=O)c1ccnc(Cl)c1. The highest BCUT2D eigenvalue weighted by Gasteiger charge is 2.23. The quantitative estimate of drug-likeness (QED) is 0.593. The van der Waals surface area contributed by atoms with Gasteiger partial charge in [0.2, 0.25) is 10.0 Å². The average Bonchev–Trinajstić information content (AvgIpc) is 2.28. The molecule has 17 heavy (non-hydrogen) atoms. The molecule has 1 aromatic heterocycles. The fourth-order valence-corrected chi connectivity index (χ4v) is 2.42. The van der Waals surface area contributed by atoms with Gasteiger partial charge in [-0.05, 0) is 12.1 Å². The highest BCUT2D eigenvalue weighted by atomic mass is 35.5. The number of sulfonamides is 1. The Morgan fingerprint density at radius 1 is 1.59 bits per heavy atom. The molecule has 0 radical (unpaired) electrons. The van der Waals surface area contributed by atoms with Crippen molar-refractivity contribution in [3.63, 3.8) is 0 Å². The van der Waals surface area contributed by atoms with E-state index in [9.17, 15) is 13.2 Å². The maximum atomic E-state index is 12.0. The van der Waals surface area contributed by atoms with Crippen molar-refractivity contribution in [3.8, 4) is 0 Å². The third-order valence-corrected chi connectivity index (χ3v) is 3.99. The van der Waals surface area contributed by atoms with Crippen molar-refractivity contribution < 1.29 is 17.9 Å². The molecule has 6 nitrogen and oxygen atoms in total. The van der Waals surface area contributed by atoms with Crippen LogP contribution in [0.3, 0.4) is 0 Å². The largest absolute Gasteiger partial charge is 0.468 e. The van der Waals surface area contributed by atoms with Gasteiger partial charge < -0.3 is 4.74 Å². The van der Waals surface area contributed by atoms with E-state index >= 15 is 0 Å². The number of hydrogen-bond acceptors (Lipinski definition) is 5. The summed E-state index contributed by atoms with van der Waals surface area (Å²) in [5.41, 5.74) is 0. The lowest BCUT2D eigenvalue weighted by molar-refractivity contribution is -0.140. The lowest BCUT2D eigenvalue weighted by Gasteiger charge is -2.15. The molecule has 0 N–H and O–H groups in total. The van der Waals surface area contributed by atoms with E-state index < -0.39 is 16.0 Å². The number of aromatic nitrogens is 1. The van der Waals surface area contributed by atoms with E-state index in [0.29, 0.717) is 0 Å². The molecular formula is C9H11ClN2O4S. The predicted octanol–water partition coefficient (Wildman–Crippen LogP) is 0.528. The van der Waals surface area contributed by atoms with E-state index in [-0.39, 0.29) is 16.6 Å². The van der Waals surface area contributed by atoms with E-state index in [2.05, 4.69) is 9.72 Å². The second kappa shape index (κ2) is 5.44. The highest BCUT2D eigenvalue weighted by molar-refractivity contribution is 7.89. The van der Waals surface area contributed by atoms with E-state index in [0.717, 1.165) is 4.31 Å². The molecular weight excluding hydrogens is 268 g/mol. The van der Waals surface area contributed by atoms with E-state index in [4.69, 9.17) is 11.6 Å². The number of pyridine rings is 1. The van der Waals surface area contributed by atoms with E-state index in [1.165, 1.54) is 32.5 Å². The molecule has 1 aromatic rings. The maximum Gasteiger partial charge on any atom is 0.321 e. The summed E-state index contributed by atoms with van der Waals surface area (Å²) in [6.07, 6.45) is 1.28. The van der Waals surface area contributed by atoms with E-state index in [1.807, 2.05) is 0 Å². The van der Waals surface area contributed by atoms with Crippen molar-refractivity contribution in [2.45, 2.75) is 4.90 Å². The van der Waals surface area contributed by atoms with Crippen LogP contribution in [0.5, 0.6) is 0 Å². The normalized spacial score (nSPS) is 11.5. The molecule has 8 heteroatoms. The Hall–Kier alpha value is -1.18. The topological polar surface area (TPSA) is 76.6 Å². The molecule has 0 aliphatic carbocycles. The number of ether oxygens (including phenoxy) is 1. The van der Waals surface area contributed by atoms with Crippen LogP contribution in [0, 0.1) is 0 Å². The van der Waals surface area contributed by atoms with Crippen LogP contribution >= 0.6 is 11.6 Å². The van der Waals surface area contributed by atoms with Gasteiger partial charge in [0.05, 0.1) is 12.0 Å². The predicted molar refractivity (Wildman–Crippen MR) is 61.1 cm³/mol. The Morgan fingerprint density at radius 2 is 2.24 bits per heavy atom. The Balaban J connectivity index is 2.99. The molecule has 0 saturated carbocycles. The number of nitrogens with zero attached hydrogens (tertiary/aromatic N) is 2. The first-order valence-electron chi connectivity index (χ1n) is 4.52. The Morgan fingerprint density at radius 3 is 2.76 bits per heavy atom. The first kappa shape index (κ1) is 13.9. The number of hydrogen-bond donors (Lipinski definition) is 0. The van der Waals surface area contributed by atoms with Gasteiger partial charge in [-0.2, -0.15) is 4.31 Å². The minimum Gasteiger partial charge on any atom is -0.468 e. The van der Waals surface area contributed by atoms with Gasteiger partial charge in [-0.3, -0.25) is 4.79 Å². The molecule has 0 aromatic carbocycles. The molecule has 0 amide bonds. The minimum absolute atomic E-state index is 0.0242. The Labute approximate surface area is 104 Å². The summed E-state index contributed by atoms with van der Waals surface area (Å²) in [6, 6.07) is 2.51. The molecule has 0 spiro atoms. The van der Waals surface area contributed by atoms with Crippen LogP contribution < -0.4 is 0 Å². The fourth-order valence-electron chi connectivity index (χ4n) is 1.06. The van der Waals surface area contributed by atoms with Crippen molar-refractivity contribution in [1.29, 1.82) is 0 Å². The maximum absolute atomic E-state index is 12.0. The zero-order chi connectivity index (χ0) is 13.1. The molecule has 0 unspecified atom stereocenters. The monoisotopic (exact) mass is 278 g/mol. The average molecular weight is 279 g/mol. The third-order valence-electron chi connectivity index (χ3n) is 1.99. The minimum atomic E-state index is -3.76. The van der Waals surface area contributed by atoms with Crippen LogP contribution in [0.15, 0.2) is 23.2 Å². The molecule has 0 fully saturated rings. The van der Waals surface area contributed by atoms with Crippen LogP contribution in [0.25, 0.3) is 0 Å². The van der Waals surface area contributed by atoms with Crippen molar-refractivity contribution >= 4 is 27.6 Å². The number of likely N-dealkylation sites (N-methyl/N-ethyl adjacent to an activating group) is 1. The lowest BCUT2D eigenvalue weighted by Crippen LogP contribution is -2.32. The van der Waals surface area contributed by atoms with Gasteiger partial charge in [0, 0.05) is 13.2 Å². The molecule has 1 rings (SSSR count). The molecule has 0 saturated heterocycles. The fraction of sp³-hybridized carbons (Fsp3) is 0.333. The van der Waals surface area contributed by atoms with Gasteiger partial charge in [0.25, 0.3) is 0 Å². The lowest BCUT2D eigenvalue weighted by atomic mass is 10.5. The first-order valence-corrected chi connectivity index (χ1v) is 6.34. The highest BCUT2D eigenvalue weighted by Crippen LogP contribution is 2.16. The van der Waals surface area contributed by atoms with Gasteiger partial charge in [-0.15, -0.1) is 0 Å². The van der Waals surface area contributed by atoms with E-state index in [1.54, 1.807) is 0 Å². The molecule has 0 aliphatic rings. The summed E-state index contributed by atoms with van der Waals surface area (Å²) in [5, 5.41) is 0.0672. The molecule has 1 heterocycles. The molecule has 94 valence electrons. The molecule has 0 atom stereocenters. The second-order valence-corrected chi connectivity index (χ2v) is 5.58. The van der Waals surface area contributed by atoms with Crippen LogP contribution in [-0.2, 0) is 19.6 Å². The standard InChI is InChI=1S/C9H11ClN2O4S/c1-12(6-9(13)16-2)17(14,15)7-3-4-11-8(10)5-7/h3-5H,6H2,1-2H3. The van der Waals surface area contributed by atoms with Gasteiger partial charge >= 0.3 is 5.97 Å². The van der Waals surface area contributed by atoms with Gasteiger partial charge in [0.1, 0.15) is 11.7 Å². The molecule has 0 bridgehead atoms. The number of rotatable bonds is 4. The summed E-state index contributed by atoms with van der Waals surface area (Å²) >= 11 is 5.60. The van der Waals surface area contributed by atoms with Gasteiger partial charge in [-0.25, -0.2) is 13.4 Å². The van der Waals surface area contributed by atoms with Crippen LogP contribution in [-0.4, -0.2) is 44.4 Å². The zero-order valence-electron chi connectivity index (χ0n) is 9.25. The van der Waals surface area contributed by atoms with Crippen molar-refractivity contribution in [1.82, 2.24) is 9.29 Å². The van der Waals surface area contributed by atoms with Gasteiger partial charge in [0.15, 0.2) is 0 Å². The Bertz CT molecular complexity index is 517. The number of methoxy groups -OCH3 is 1. The molecule has 0 aliphatic heterocycles. The number of carbonyl (C=O) groups excluding carboxylic acids is 1. The number of halogens is 1. The summed E-state index contributed by atoms with van der Waals surface area (Å²) < 4.78 is 29.2. The third kappa shape index (κ3) is 3.39. The first-order chi connectivity index (χ1) is 7.87. The van der Waals surface area contributed by atoms with Crippen LogP contribution in [0.2, 0.25) is 5.15 Å². The summed E-state index contributed by atoms with van der Waals surface area (Å²) in [7, 11) is -1.29. The van der Waals surface area contributed by atoms with Gasteiger partial charge in [-0.1, -0.05) is 11.6 Å². The van der Waals surface area contributed by atoms with Crippen molar-refractivity contribution in [2.24, 2.45) is 0 Å². The number of esters is 1. The second-order valence-electron chi connectivity index (χ2n) is 3.15. The zero-order valence-corrected chi connectivity index (χ0v) is 10.8. The van der Waals surface area contributed by atoms with Crippen LogP contribution in [0.4, 0.5) is 0 Å². The smallest absolute Gasteiger partial charge is 0.321 e. The summed E-state index contributed by atoms with van der Waals surface area (Å²) in [5.74, 6) is -0.642. The van der Waals surface area contributed by atoms with Crippen molar-refractivity contribution in [3.05, 3.63) is 23.5 Å². The summed E-state index contributed by atoms with van der Waals surface area (Å²) in [4.78, 5) is 14.7. The van der Waals surface area contributed by atoms with Crippen LogP contribution in [0.1, 0.15) is 0 Å². The number of carbonyl (C=O) groups is 1. The Kier molecular flexibility index (Phi) is 4.44. The summed E-state index contributed by atoms with van der Waals surface area (Å²) in [6.45, 7) is -0.362.